The van der Waals surface area contributed by atoms with Crippen LogP contribution in [-0.2, 0) is 42.3 Å². The van der Waals surface area contributed by atoms with Crippen molar-refractivity contribution in [3.63, 3.8) is 0 Å². The Labute approximate surface area is 666 Å². The lowest BCUT2D eigenvalue weighted by Gasteiger charge is -2.08. The maximum atomic E-state index is 14.1. The molecule has 115 heavy (non-hydrogen) atoms. The monoisotopic (exact) mass is 1510 g/mol. The third-order valence-corrected chi connectivity index (χ3v) is 20.5. The molecule has 0 saturated heterocycles. The van der Waals surface area contributed by atoms with Gasteiger partial charge in [-0.05, 0) is 204 Å². The van der Waals surface area contributed by atoms with Gasteiger partial charge < -0.3 is 0 Å². The summed E-state index contributed by atoms with van der Waals surface area (Å²) in [6.07, 6.45) is 12.4. The fraction of sp³-hybridized carbons (Fsp3) is 0.135. The van der Waals surface area contributed by atoms with Crippen molar-refractivity contribution in [2.75, 3.05) is 0 Å². The summed E-state index contributed by atoms with van der Waals surface area (Å²) in [6, 6.07) is 89.4. The number of hydrogen-bond acceptors (Lipinski definition) is 5. The van der Waals surface area contributed by atoms with E-state index < -0.39 is 11.6 Å². The molecule has 0 radical (unpaired) electrons. The molecule has 0 aliphatic rings. The van der Waals surface area contributed by atoms with Crippen LogP contribution in [0.25, 0.3) is 99.5 Å². The van der Waals surface area contributed by atoms with E-state index in [1.807, 2.05) is 233 Å². The second-order valence-corrected chi connectivity index (χ2v) is 28.4. The van der Waals surface area contributed by atoms with E-state index in [4.69, 9.17) is 15.8 Å². The Morgan fingerprint density at radius 1 is 0.278 bits per heavy atom. The minimum Gasteiger partial charge on any atom is -0.207 e. The molecule has 0 spiro atoms. The van der Waals surface area contributed by atoms with Crippen molar-refractivity contribution in [3.05, 3.63) is 358 Å². The first-order valence-corrected chi connectivity index (χ1v) is 37.3. The van der Waals surface area contributed by atoms with Gasteiger partial charge in [0.2, 0.25) is 42.9 Å². The van der Waals surface area contributed by atoms with Gasteiger partial charge in [0.25, 0.3) is 0 Å². The SMILES string of the molecule is Cc1cc(C#N)cc(C#N)c1-n1c2ccccc2c[n+]1C.Cc1cc(C#N)ccc1-n1c2ccccc2c[n+]1C.Cc1cc(F)cc(F)c1-n1c2ccccc2c[n+]1C.Cc1ccc(C#N)cc1-n1c2ccccc2c[n+]1C.Cc1cccc(C#N)c1-n1c2ccccc2c[n+]1C.Cc1cccc(C)c1-[n+]1cc2ccccc2n1C. The van der Waals surface area contributed by atoms with Crippen molar-refractivity contribution in [1.82, 2.24) is 28.1 Å². The van der Waals surface area contributed by atoms with E-state index in [-0.39, 0.29) is 0 Å². The van der Waals surface area contributed by atoms with Crippen molar-refractivity contribution < 1.29 is 36.9 Å². The second-order valence-electron chi connectivity index (χ2n) is 28.4. The molecule has 0 atom stereocenters. The Bertz CT molecular complexity index is 6980. The van der Waals surface area contributed by atoms with Gasteiger partial charge in [0.05, 0.1) is 85.4 Å². The van der Waals surface area contributed by atoms with Crippen LogP contribution in [0.4, 0.5) is 8.78 Å². The van der Waals surface area contributed by atoms with Crippen LogP contribution in [0.2, 0.25) is 0 Å². The number of benzene rings is 12. The average Bonchev–Trinajstić information content (AvgIpc) is 1.67. The Hall–Kier alpha value is -15.2. The Morgan fingerprint density at radius 2 is 0.643 bits per heavy atom. The summed E-state index contributed by atoms with van der Waals surface area (Å²) in [6.45, 7) is 14.1. The third kappa shape index (κ3) is 15.7. The molecule has 18 aromatic rings. The predicted octanol–water partition coefficient (Wildman–Crippen LogP) is 16.5. The van der Waals surface area contributed by atoms with Gasteiger partial charge in [-0.25, -0.2) is 8.78 Å². The van der Waals surface area contributed by atoms with Crippen molar-refractivity contribution in [2.45, 2.75) is 48.5 Å². The van der Waals surface area contributed by atoms with Crippen LogP contribution in [-0.4, -0.2) is 28.1 Å². The maximum Gasteiger partial charge on any atom is 0.241 e. The van der Waals surface area contributed by atoms with Gasteiger partial charge in [0.1, 0.15) is 79.5 Å². The first-order chi connectivity index (χ1) is 55.5. The van der Waals surface area contributed by atoms with Crippen molar-refractivity contribution >= 4 is 65.4 Å². The second kappa shape index (κ2) is 33.5. The highest BCUT2D eigenvalue weighted by Crippen LogP contribution is 2.29. The highest BCUT2D eigenvalue weighted by Gasteiger charge is 2.26. The number of para-hydroxylation sites is 8. The standard InChI is InChI=1S/C17H13N4.3C16H14N3.C16H17N2.C15H13F2N2/c1-12-7-13(9-18)8-15(10-19)17(12)21-16-6-4-3-5-14(16)11-20(21)2;1-12-6-5-8-13(10-17)16(12)19-15-9-4-3-7-14(15)11-18(19)2;1-12-9-13(10-17)7-8-15(12)19-16-6-4-3-5-14(16)11-18(19)2;1-12-7-8-13(10-17)9-16(12)19-15-6-4-3-5-14(15)11-18(19)2;1-12-7-6-8-13(2)16(12)18-11-14-9-4-5-10-15(14)17(18)3;1-10-7-12(16)8-13(17)15(10)19-14-6-4-3-5-11(14)9-18(19)2/h3-8,11H,1-2H3;3*3-9,11H,1-2H3;4-11H,1-3H3;3-9H,1-2H3/q6*+1. The Morgan fingerprint density at radius 3 is 1.09 bits per heavy atom. The molecule has 12 aromatic carbocycles. The minimum atomic E-state index is -0.561. The van der Waals surface area contributed by atoms with E-state index in [9.17, 15) is 19.3 Å². The molecule has 18 rings (SSSR count). The fourth-order valence-electron chi connectivity index (χ4n) is 15.2. The zero-order valence-corrected chi connectivity index (χ0v) is 66.4. The van der Waals surface area contributed by atoms with Gasteiger partial charge in [-0.2, -0.15) is 31.0 Å². The predicted molar refractivity (Wildman–Crippen MR) is 443 cm³/mol. The maximum absolute atomic E-state index is 14.1. The lowest BCUT2D eigenvalue weighted by molar-refractivity contribution is -0.742. The molecule has 0 bridgehead atoms. The molecule has 562 valence electrons. The zero-order valence-electron chi connectivity index (χ0n) is 66.4. The van der Waals surface area contributed by atoms with Crippen molar-refractivity contribution in [2.24, 2.45) is 42.3 Å². The number of nitrogens with zero attached hydrogens (tertiary/aromatic N) is 17. The van der Waals surface area contributed by atoms with E-state index in [2.05, 4.69) is 190 Å². The van der Waals surface area contributed by atoms with Crippen LogP contribution >= 0.6 is 0 Å². The summed E-state index contributed by atoms with van der Waals surface area (Å²) in [5, 5.41) is 52.8. The Kier molecular flexibility index (Phi) is 22.7. The molecule has 0 amide bonds. The summed E-state index contributed by atoms with van der Waals surface area (Å²) in [7, 11) is 11.9. The third-order valence-electron chi connectivity index (χ3n) is 20.5. The first kappa shape index (κ1) is 77.9. The number of hydrogen-bond donors (Lipinski definition) is 0. The number of nitriles is 5. The molecule has 6 heterocycles. The summed E-state index contributed by atoms with van der Waals surface area (Å²) >= 11 is 0. The van der Waals surface area contributed by atoms with Crippen LogP contribution in [0.1, 0.15) is 66.8 Å². The van der Waals surface area contributed by atoms with Gasteiger partial charge in [-0.3, -0.25) is 0 Å². The van der Waals surface area contributed by atoms with Crippen LogP contribution in [0, 0.1) is 117 Å². The largest absolute Gasteiger partial charge is 0.241 e. The van der Waals surface area contributed by atoms with Crippen LogP contribution < -0.4 is 28.1 Å². The zero-order chi connectivity index (χ0) is 81.5. The molecule has 0 N–H and O–H groups in total. The molecular formula is C96H85F2N17+6. The number of fused-ring (bicyclic) bond motifs is 6. The van der Waals surface area contributed by atoms with E-state index in [0.29, 0.717) is 39.1 Å². The molecule has 0 aliphatic carbocycles. The lowest BCUT2D eigenvalue weighted by atomic mass is 10.0. The van der Waals surface area contributed by atoms with Gasteiger partial charge in [0, 0.05) is 17.2 Å². The highest BCUT2D eigenvalue weighted by molar-refractivity contribution is 5.84. The van der Waals surface area contributed by atoms with Crippen LogP contribution in [0.3, 0.4) is 0 Å². The topological polar surface area (TPSA) is 172 Å². The molecule has 19 heteroatoms. The highest BCUT2D eigenvalue weighted by atomic mass is 19.1. The summed E-state index contributed by atoms with van der Waals surface area (Å²) in [5.74, 6) is -1.12. The van der Waals surface area contributed by atoms with Crippen LogP contribution in [0.15, 0.2) is 280 Å². The number of aromatic nitrogens is 12. The van der Waals surface area contributed by atoms with Gasteiger partial charge in [-0.15, -0.1) is 46.8 Å². The number of aryl methyl sites for hydroxylation is 13. The summed E-state index contributed by atoms with van der Waals surface area (Å²) < 4.78 is 51.8. The molecule has 0 aliphatic heterocycles. The molecule has 17 nitrogen and oxygen atoms in total. The van der Waals surface area contributed by atoms with E-state index in [1.54, 1.807) is 22.4 Å². The van der Waals surface area contributed by atoms with Crippen LogP contribution in [0.5, 0.6) is 0 Å². The average molecular weight is 1510 g/mol. The van der Waals surface area contributed by atoms with E-state index in [1.165, 1.54) is 44.6 Å². The van der Waals surface area contributed by atoms with E-state index in [0.717, 1.165) is 94.8 Å². The Balaban J connectivity index is 0.000000120. The summed E-state index contributed by atoms with van der Waals surface area (Å²) in [4.78, 5) is 0. The molecule has 0 fully saturated rings. The minimum absolute atomic E-state index is 0.380. The van der Waals surface area contributed by atoms with Gasteiger partial charge in [0.15, 0.2) is 41.1 Å². The first-order valence-electron chi connectivity index (χ1n) is 37.3. The quantitative estimate of drug-likeness (QED) is 0.151. The van der Waals surface area contributed by atoms with Gasteiger partial charge >= 0.3 is 0 Å². The lowest BCUT2D eigenvalue weighted by Crippen LogP contribution is -2.40. The molecule has 6 aromatic heterocycles. The number of halogens is 2. The smallest absolute Gasteiger partial charge is 0.207 e. The normalized spacial score (nSPS) is 10.7. The van der Waals surface area contributed by atoms with Crippen molar-refractivity contribution in [3.8, 4) is 64.5 Å². The molecular weight excluding hydrogens is 1430 g/mol. The van der Waals surface area contributed by atoms with Crippen molar-refractivity contribution in [1.29, 1.82) is 26.3 Å². The van der Waals surface area contributed by atoms with E-state index >= 15 is 0 Å². The molecule has 0 unspecified atom stereocenters. The summed E-state index contributed by atoms with van der Waals surface area (Å²) in [5.41, 5.74) is 22.6. The fourth-order valence-corrected chi connectivity index (χ4v) is 15.2. The van der Waals surface area contributed by atoms with Gasteiger partial charge in [-0.1, -0.05) is 114 Å². The molecule has 0 saturated carbocycles. The number of rotatable bonds is 6.